The lowest BCUT2D eigenvalue weighted by atomic mass is 9.84. The van der Waals surface area contributed by atoms with Gasteiger partial charge in [-0.2, -0.15) is 0 Å². The van der Waals surface area contributed by atoms with Crippen molar-refractivity contribution in [3.63, 3.8) is 0 Å². The summed E-state index contributed by atoms with van der Waals surface area (Å²) in [4.78, 5) is 0. The number of hydrogen-bond donors (Lipinski definition) is 0. The third kappa shape index (κ3) is 2.96. The van der Waals surface area contributed by atoms with Crippen LogP contribution < -0.4 is 0 Å². The van der Waals surface area contributed by atoms with Crippen molar-refractivity contribution in [3.8, 4) is 0 Å². The standard InChI is InChI=1S/C18H26/c1-2-6-15(7-3-1)10-11-16-12-13-17-8-4-5-9-18(17)14-16/h12-15H,1-11H2. The van der Waals surface area contributed by atoms with E-state index in [1.807, 2.05) is 0 Å². The Kier molecular flexibility index (Phi) is 4.02. The Morgan fingerprint density at radius 3 is 2.44 bits per heavy atom. The molecule has 3 rings (SSSR count). The molecule has 0 aliphatic heterocycles. The first-order valence-electron chi connectivity index (χ1n) is 8.02. The quantitative estimate of drug-likeness (QED) is 0.693. The van der Waals surface area contributed by atoms with Gasteiger partial charge in [0.1, 0.15) is 0 Å². The number of fused-ring (bicyclic) bond motifs is 1. The summed E-state index contributed by atoms with van der Waals surface area (Å²) in [5.74, 6) is 1.02. The molecule has 1 saturated carbocycles. The second-order valence-electron chi connectivity index (χ2n) is 6.35. The van der Waals surface area contributed by atoms with Crippen molar-refractivity contribution in [2.45, 2.75) is 70.6 Å². The van der Waals surface area contributed by atoms with Crippen LogP contribution >= 0.6 is 0 Å². The van der Waals surface area contributed by atoms with Gasteiger partial charge in [0, 0.05) is 0 Å². The molecule has 0 aromatic heterocycles. The summed E-state index contributed by atoms with van der Waals surface area (Å²) in [7, 11) is 0. The van der Waals surface area contributed by atoms with Crippen molar-refractivity contribution in [1.29, 1.82) is 0 Å². The van der Waals surface area contributed by atoms with Crippen LogP contribution in [0.5, 0.6) is 0 Å². The number of hydrogen-bond acceptors (Lipinski definition) is 0. The van der Waals surface area contributed by atoms with Gasteiger partial charge >= 0.3 is 0 Å². The molecule has 18 heavy (non-hydrogen) atoms. The maximum atomic E-state index is 2.51. The van der Waals surface area contributed by atoms with Crippen molar-refractivity contribution < 1.29 is 0 Å². The van der Waals surface area contributed by atoms with Crippen LogP contribution in [0.25, 0.3) is 0 Å². The first-order chi connectivity index (χ1) is 8.92. The van der Waals surface area contributed by atoms with Crippen molar-refractivity contribution in [2.24, 2.45) is 5.92 Å². The normalized spacial score (nSPS) is 20.7. The van der Waals surface area contributed by atoms with Crippen LogP contribution in [0.3, 0.4) is 0 Å². The molecule has 1 fully saturated rings. The Balaban J connectivity index is 1.58. The zero-order valence-electron chi connectivity index (χ0n) is 11.6. The van der Waals surface area contributed by atoms with Crippen LogP contribution in [0, 0.1) is 5.92 Å². The van der Waals surface area contributed by atoms with Gasteiger partial charge in [0.25, 0.3) is 0 Å². The van der Waals surface area contributed by atoms with Gasteiger partial charge in [-0.3, -0.25) is 0 Å². The SMILES string of the molecule is c1cc2c(cc1CCC1CCCCC1)CCCC2. The van der Waals surface area contributed by atoms with E-state index in [2.05, 4.69) is 18.2 Å². The van der Waals surface area contributed by atoms with E-state index in [0.29, 0.717) is 0 Å². The minimum atomic E-state index is 1.02. The Labute approximate surface area is 112 Å². The van der Waals surface area contributed by atoms with E-state index in [1.165, 1.54) is 70.6 Å². The number of rotatable bonds is 3. The van der Waals surface area contributed by atoms with Gasteiger partial charge in [0.15, 0.2) is 0 Å². The molecule has 0 heterocycles. The Hall–Kier alpha value is -0.780. The predicted octanol–water partition coefficient (Wildman–Crippen LogP) is 5.08. The smallest absolute Gasteiger partial charge is 0.0276 e. The van der Waals surface area contributed by atoms with Crippen LogP contribution in [-0.2, 0) is 19.3 Å². The number of aryl methyl sites for hydroxylation is 3. The minimum absolute atomic E-state index is 1.02. The van der Waals surface area contributed by atoms with E-state index in [-0.39, 0.29) is 0 Å². The Morgan fingerprint density at radius 2 is 1.61 bits per heavy atom. The van der Waals surface area contributed by atoms with Crippen molar-refractivity contribution in [1.82, 2.24) is 0 Å². The van der Waals surface area contributed by atoms with E-state index in [0.717, 1.165) is 5.92 Å². The van der Waals surface area contributed by atoms with E-state index in [1.54, 1.807) is 16.7 Å². The fraction of sp³-hybridized carbons (Fsp3) is 0.667. The molecule has 0 radical (unpaired) electrons. The molecule has 0 atom stereocenters. The summed E-state index contributed by atoms with van der Waals surface area (Å²) in [6.07, 6.45) is 15.6. The third-order valence-corrected chi connectivity index (χ3v) is 4.98. The fourth-order valence-corrected chi connectivity index (χ4v) is 3.79. The molecular weight excluding hydrogens is 216 g/mol. The summed E-state index contributed by atoms with van der Waals surface area (Å²) in [5, 5.41) is 0. The summed E-state index contributed by atoms with van der Waals surface area (Å²) < 4.78 is 0. The van der Waals surface area contributed by atoms with Crippen LogP contribution in [0.15, 0.2) is 18.2 Å². The van der Waals surface area contributed by atoms with Gasteiger partial charge in [0.2, 0.25) is 0 Å². The zero-order chi connectivity index (χ0) is 12.2. The third-order valence-electron chi connectivity index (χ3n) is 4.98. The van der Waals surface area contributed by atoms with Crippen LogP contribution in [-0.4, -0.2) is 0 Å². The molecule has 2 aliphatic carbocycles. The lowest BCUT2D eigenvalue weighted by molar-refractivity contribution is 0.339. The van der Waals surface area contributed by atoms with Crippen molar-refractivity contribution in [2.75, 3.05) is 0 Å². The van der Waals surface area contributed by atoms with Crippen LogP contribution in [0.4, 0.5) is 0 Å². The van der Waals surface area contributed by atoms with E-state index in [4.69, 9.17) is 0 Å². The van der Waals surface area contributed by atoms with E-state index >= 15 is 0 Å². The van der Waals surface area contributed by atoms with Gasteiger partial charge in [0.05, 0.1) is 0 Å². The molecular formula is C18H26. The molecule has 0 saturated heterocycles. The molecule has 1 aromatic carbocycles. The summed E-state index contributed by atoms with van der Waals surface area (Å²) in [6, 6.07) is 7.31. The molecule has 0 bridgehead atoms. The fourth-order valence-electron chi connectivity index (χ4n) is 3.79. The van der Waals surface area contributed by atoms with Gasteiger partial charge in [-0.25, -0.2) is 0 Å². The molecule has 1 aromatic rings. The molecule has 98 valence electrons. The maximum Gasteiger partial charge on any atom is -0.0276 e. The van der Waals surface area contributed by atoms with E-state index in [9.17, 15) is 0 Å². The highest BCUT2D eigenvalue weighted by Crippen LogP contribution is 2.28. The second-order valence-corrected chi connectivity index (χ2v) is 6.35. The summed E-state index contributed by atoms with van der Waals surface area (Å²) in [6.45, 7) is 0. The first kappa shape index (κ1) is 12.3. The highest BCUT2D eigenvalue weighted by molar-refractivity contribution is 5.33. The molecule has 0 heteroatoms. The molecule has 0 unspecified atom stereocenters. The monoisotopic (exact) mass is 242 g/mol. The first-order valence-corrected chi connectivity index (χ1v) is 8.02. The van der Waals surface area contributed by atoms with Gasteiger partial charge in [-0.05, 0) is 61.1 Å². The van der Waals surface area contributed by atoms with Gasteiger partial charge in [-0.1, -0.05) is 50.3 Å². The maximum absolute atomic E-state index is 2.51. The largest absolute Gasteiger partial charge is 0.0588 e. The molecule has 0 amide bonds. The van der Waals surface area contributed by atoms with Crippen LogP contribution in [0.1, 0.15) is 68.1 Å². The summed E-state index contributed by atoms with van der Waals surface area (Å²) >= 11 is 0. The molecule has 2 aliphatic rings. The lowest BCUT2D eigenvalue weighted by Crippen LogP contribution is -2.08. The second kappa shape index (κ2) is 5.91. The Bertz CT molecular complexity index is 385. The molecule has 0 nitrogen and oxygen atoms in total. The molecule has 0 N–H and O–H groups in total. The minimum Gasteiger partial charge on any atom is -0.0588 e. The average Bonchev–Trinajstić information content (AvgIpc) is 2.46. The van der Waals surface area contributed by atoms with Gasteiger partial charge < -0.3 is 0 Å². The zero-order valence-corrected chi connectivity index (χ0v) is 11.6. The van der Waals surface area contributed by atoms with Crippen molar-refractivity contribution in [3.05, 3.63) is 34.9 Å². The summed E-state index contributed by atoms with van der Waals surface area (Å²) in [5.41, 5.74) is 4.88. The predicted molar refractivity (Wildman–Crippen MR) is 78.0 cm³/mol. The lowest BCUT2D eigenvalue weighted by Gasteiger charge is -2.22. The Morgan fingerprint density at radius 1 is 0.833 bits per heavy atom. The van der Waals surface area contributed by atoms with Gasteiger partial charge in [-0.15, -0.1) is 0 Å². The average molecular weight is 242 g/mol. The number of benzene rings is 1. The highest BCUT2D eigenvalue weighted by Gasteiger charge is 2.14. The highest BCUT2D eigenvalue weighted by atomic mass is 14.2. The van der Waals surface area contributed by atoms with Crippen LogP contribution in [0.2, 0.25) is 0 Å². The molecule has 0 spiro atoms. The van der Waals surface area contributed by atoms with E-state index < -0.39 is 0 Å². The topological polar surface area (TPSA) is 0 Å². The van der Waals surface area contributed by atoms with Crippen molar-refractivity contribution >= 4 is 0 Å².